The lowest BCUT2D eigenvalue weighted by atomic mass is 10.2. The topological polar surface area (TPSA) is 90.4 Å². The van der Waals surface area contributed by atoms with Gasteiger partial charge in [-0.1, -0.05) is 0 Å². The van der Waals surface area contributed by atoms with Crippen molar-refractivity contribution in [2.45, 2.75) is 6.92 Å². The van der Waals surface area contributed by atoms with Gasteiger partial charge in [0.25, 0.3) is 5.69 Å². The second kappa shape index (κ2) is 6.82. The quantitative estimate of drug-likeness (QED) is 0.435. The summed E-state index contributed by atoms with van der Waals surface area (Å²) in [7, 11) is 0. The standard InChI is InChI=1S/C7H8N2O2.C4H9NO/c1-5-2-6(8)4-7(3-5)9(10)11;1-3-6-4-2-5-1/h2-4H,8H2,1H3;5H,1-4H2. The van der Waals surface area contributed by atoms with Crippen molar-refractivity contribution in [3.8, 4) is 0 Å². The summed E-state index contributed by atoms with van der Waals surface area (Å²) in [5.74, 6) is 0. The molecule has 0 atom stereocenters. The first kappa shape index (κ1) is 13.4. The van der Waals surface area contributed by atoms with Crippen molar-refractivity contribution in [3.63, 3.8) is 0 Å². The molecule has 1 saturated heterocycles. The van der Waals surface area contributed by atoms with Crippen LogP contribution in [-0.2, 0) is 4.74 Å². The van der Waals surface area contributed by atoms with Gasteiger partial charge in [-0.05, 0) is 18.6 Å². The van der Waals surface area contributed by atoms with Crippen molar-refractivity contribution < 1.29 is 9.66 Å². The number of nitro benzene ring substituents is 1. The fraction of sp³-hybridized carbons (Fsp3) is 0.455. The van der Waals surface area contributed by atoms with Crippen molar-refractivity contribution >= 4 is 11.4 Å². The summed E-state index contributed by atoms with van der Waals surface area (Å²) in [4.78, 5) is 9.80. The van der Waals surface area contributed by atoms with E-state index in [0.29, 0.717) is 5.69 Å². The van der Waals surface area contributed by atoms with Crippen LogP contribution in [0.1, 0.15) is 5.56 Å². The van der Waals surface area contributed by atoms with E-state index in [4.69, 9.17) is 10.5 Å². The van der Waals surface area contributed by atoms with Gasteiger partial charge in [0.05, 0.1) is 18.1 Å². The number of nitrogens with two attached hydrogens (primary N) is 1. The van der Waals surface area contributed by atoms with Crippen LogP contribution in [0.25, 0.3) is 0 Å². The molecular formula is C11H17N3O3. The number of nitro groups is 1. The van der Waals surface area contributed by atoms with Crippen molar-refractivity contribution in [1.82, 2.24) is 5.32 Å². The van der Waals surface area contributed by atoms with Crippen LogP contribution in [0, 0.1) is 17.0 Å². The number of nitrogen functional groups attached to an aromatic ring is 1. The van der Waals surface area contributed by atoms with Gasteiger partial charge in [-0.15, -0.1) is 0 Å². The first-order valence-electron chi connectivity index (χ1n) is 5.39. The molecule has 0 unspecified atom stereocenters. The van der Waals surface area contributed by atoms with Gasteiger partial charge in [0.15, 0.2) is 0 Å². The Labute approximate surface area is 99.9 Å². The average molecular weight is 239 g/mol. The molecule has 94 valence electrons. The van der Waals surface area contributed by atoms with Gasteiger partial charge in [0.1, 0.15) is 0 Å². The minimum Gasteiger partial charge on any atom is -0.399 e. The van der Waals surface area contributed by atoms with E-state index in [9.17, 15) is 10.1 Å². The Hall–Kier alpha value is -1.66. The summed E-state index contributed by atoms with van der Waals surface area (Å²) in [6, 6.07) is 4.51. The largest absolute Gasteiger partial charge is 0.399 e. The highest BCUT2D eigenvalue weighted by Crippen LogP contribution is 2.17. The molecule has 0 saturated carbocycles. The SMILES string of the molecule is C1COCCN1.Cc1cc(N)cc([N+](=O)[O-])c1. The predicted molar refractivity (Wildman–Crippen MR) is 65.9 cm³/mol. The number of hydrogen-bond acceptors (Lipinski definition) is 5. The highest BCUT2D eigenvalue weighted by molar-refractivity contribution is 5.50. The third-order valence-electron chi connectivity index (χ3n) is 2.14. The second-order valence-corrected chi connectivity index (χ2v) is 3.72. The predicted octanol–water partition coefficient (Wildman–Crippen LogP) is 1.09. The van der Waals surface area contributed by atoms with Crippen LogP contribution in [0.3, 0.4) is 0 Å². The van der Waals surface area contributed by atoms with Gasteiger partial charge in [0.2, 0.25) is 0 Å². The van der Waals surface area contributed by atoms with Crippen molar-refractivity contribution in [2.24, 2.45) is 0 Å². The molecule has 1 fully saturated rings. The molecule has 1 aromatic rings. The van der Waals surface area contributed by atoms with E-state index in [1.807, 2.05) is 0 Å². The number of morpholine rings is 1. The molecule has 3 N–H and O–H groups in total. The lowest BCUT2D eigenvalue weighted by Gasteiger charge is -2.10. The Bertz CT molecular complexity index is 346. The summed E-state index contributed by atoms with van der Waals surface area (Å²) < 4.78 is 5.01. The highest BCUT2D eigenvalue weighted by atomic mass is 16.6. The maximum absolute atomic E-state index is 10.3. The Balaban J connectivity index is 0.000000202. The molecule has 0 spiro atoms. The molecule has 6 heteroatoms. The third-order valence-corrected chi connectivity index (χ3v) is 2.14. The Morgan fingerprint density at radius 2 is 2.00 bits per heavy atom. The second-order valence-electron chi connectivity index (χ2n) is 3.72. The van der Waals surface area contributed by atoms with Crippen LogP contribution >= 0.6 is 0 Å². The molecule has 2 rings (SSSR count). The Morgan fingerprint density at radius 3 is 2.35 bits per heavy atom. The van der Waals surface area contributed by atoms with E-state index >= 15 is 0 Å². The highest BCUT2D eigenvalue weighted by Gasteiger charge is 2.05. The molecule has 1 aliphatic rings. The van der Waals surface area contributed by atoms with Crippen LogP contribution in [-0.4, -0.2) is 31.2 Å². The summed E-state index contributed by atoms with van der Waals surface area (Å²) in [5.41, 5.74) is 6.67. The van der Waals surface area contributed by atoms with Crippen molar-refractivity contribution in [2.75, 3.05) is 32.0 Å². The van der Waals surface area contributed by atoms with Crippen molar-refractivity contribution in [3.05, 3.63) is 33.9 Å². The van der Waals surface area contributed by atoms with Gasteiger partial charge in [-0.3, -0.25) is 10.1 Å². The van der Waals surface area contributed by atoms with E-state index in [2.05, 4.69) is 5.32 Å². The summed E-state index contributed by atoms with van der Waals surface area (Å²) in [6.45, 7) is 5.60. The first-order valence-corrected chi connectivity index (χ1v) is 5.39. The number of ether oxygens (including phenoxy) is 1. The lowest BCUT2D eigenvalue weighted by molar-refractivity contribution is -0.384. The number of aryl methyl sites for hydroxylation is 1. The number of nitrogens with zero attached hydrogens (tertiary/aromatic N) is 1. The van der Waals surface area contributed by atoms with E-state index in [-0.39, 0.29) is 5.69 Å². The molecule has 6 nitrogen and oxygen atoms in total. The molecule has 0 aliphatic carbocycles. The van der Waals surface area contributed by atoms with E-state index in [1.54, 1.807) is 13.0 Å². The van der Waals surface area contributed by atoms with Crippen LogP contribution in [0.4, 0.5) is 11.4 Å². The van der Waals surface area contributed by atoms with Crippen LogP contribution in [0.5, 0.6) is 0 Å². The zero-order valence-electron chi connectivity index (χ0n) is 9.81. The molecular weight excluding hydrogens is 222 g/mol. The number of rotatable bonds is 1. The molecule has 17 heavy (non-hydrogen) atoms. The fourth-order valence-corrected chi connectivity index (χ4v) is 1.41. The van der Waals surface area contributed by atoms with Crippen LogP contribution in [0.15, 0.2) is 18.2 Å². The normalized spacial score (nSPS) is 14.6. The monoisotopic (exact) mass is 239 g/mol. The molecule has 0 aromatic heterocycles. The first-order chi connectivity index (χ1) is 8.09. The summed E-state index contributed by atoms with van der Waals surface area (Å²) in [5, 5.41) is 13.4. The van der Waals surface area contributed by atoms with Gasteiger partial charge in [-0.2, -0.15) is 0 Å². The van der Waals surface area contributed by atoms with E-state index in [0.717, 1.165) is 31.9 Å². The summed E-state index contributed by atoms with van der Waals surface area (Å²) in [6.07, 6.45) is 0. The number of non-ortho nitro benzene ring substituents is 1. The third kappa shape index (κ3) is 5.28. The number of benzene rings is 1. The molecule has 0 bridgehead atoms. The maximum Gasteiger partial charge on any atom is 0.271 e. The lowest BCUT2D eigenvalue weighted by Crippen LogP contribution is -2.30. The van der Waals surface area contributed by atoms with Gasteiger partial charge >= 0.3 is 0 Å². The minimum atomic E-state index is -0.455. The van der Waals surface area contributed by atoms with Crippen LogP contribution < -0.4 is 11.1 Å². The van der Waals surface area contributed by atoms with Gasteiger partial charge in [0, 0.05) is 30.9 Å². The summed E-state index contributed by atoms with van der Waals surface area (Å²) >= 11 is 0. The molecule has 0 amide bonds. The molecule has 1 aliphatic heterocycles. The molecule has 1 aromatic carbocycles. The fourth-order valence-electron chi connectivity index (χ4n) is 1.41. The van der Waals surface area contributed by atoms with Gasteiger partial charge < -0.3 is 15.8 Å². The Morgan fingerprint density at radius 1 is 1.35 bits per heavy atom. The zero-order chi connectivity index (χ0) is 12.7. The Kier molecular flexibility index (Phi) is 5.38. The smallest absolute Gasteiger partial charge is 0.271 e. The average Bonchev–Trinajstić information content (AvgIpc) is 2.31. The zero-order valence-corrected chi connectivity index (χ0v) is 9.81. The molecule has 1 heterocycles. The van der Waals surface area contributed by atoms with Crippen LogP contribution in [0.2, 0.25) is 0 Å². The van der Waals surface area contributed by atoms with E-state index in [1.165, 1.54) is 12.1 Å². The number of anilines is 1. The maximum atomic E-state index is 10.3. The van der Waals surface area contributed by atoms with Crippen molar-refractivity contribution in [1.29, 1.82) is 0 Å². The number of nitrogens with one attached hydrogen (secondary N) is 1. The molecule has 0 radical (unpaired) electrons. The van der Waals surface area contributed by atoms with Gasteiger partial charge in [-0.25, -0.2) is 0 Å². The van der Waals surface area contributed by atoms with E-state index < -0.39 is 4.92 Å². The number of hydrogen-bond donors (Lipinski definition) is 2. The minimum absolute atomic E-state index is 0.0440.